The van der Waals surface area contributed by atoms with Gasteiger partial charge in [0.25, 0.3) is 0 Å². The highest BCUT2D eigenvalue weighted by molar-refractivity contribution is 7.90. The van der Waals surface area contributed by atoms with Crippen molar-refractivity contribution in [1.82, 2.24) is 4.98 Å². The smallest absolute Gasteiger partial charge is 0.417 e. The molecule has 0 unspecified atom stereocenters. The Labute approximate surface area is 146 Å². The number of rotatable bonds is 3. The summed E-state index contributed by atoms with van der Waals surface area (Å²) in [5, 5.41) is -0.255. The average Bonchev–Trinajstić information content (AvgIpc) is 2.54. The Kier molecular flexibility index (Phi) is 4.54. The number of benzene rings is 1. The molecule has 0 radical (unpaired) electrons. The van der Waals surface area contributed by atoms with Crippen LogP contribution in [0.15, 0.2) is 35.5 Å². The average molecular weight is 394 g/mol. The van der Waals surface area contributed by atoms with Gasteiger partial charge >= 0.3 is 6.18 Å². The van der Waals surface area contributed by atoms with Crippen LogP contribution in [-0.2, 0) is 21.8 Å². The predicted molar refractivity (Wildman–Crippen MR) is 82.6 cm³/mol. The Morgan fingerprint density at radius 3 is 2.52 bits per heavy atom. The summed E-state index contributed by atoms with van der Waals surface area (Å²) >= 11 is 6.05. The molecule has 0 amide bonds. The highest BCUT2D eigenvalue weighted by atomic mass is 35.5. The quantitative estimate of drug-likeness (QED) is 0.798. The minimum absolute atomic E-state index is 0.197. The Morgan fingerprint density at radius 2 is 1.88 bits per heavy atom. The molecule has 0 bridgehead atoms. The van der Waals surface area contributed by atoms with Gasteiger partial charge in [-0.1, -0.05) is 11.6 Å². The largest absolute Gasteiger partial charge is 0.486 e. The summed E-state index contributed by atoms with van der Waals surface area (Å²) in [5.41, 5.74) is -0.704. The van der Waals surface area contributed by atoms with Gasteiger partial charge < -0.3 is 9.47 Å². The lowest BCUT2D eigenvalue weighted by Crippen LogP contribution is -2.16. The first-order valence-corrected chi connectivity index (χ1v) is 9.04. The first-order valence-electron chi connectivity index (χ1n) is 7.01. The van der Waals surface area contributed by atoms with Crippen molar-refractivity contribution >= 4 is 21.4 Å². The van der Waals surface area contributed by atoms with Crippen LogP contribution < -0.4 is 9.47 Å². The maximum absolute atomic E-state index is 12.5. The first-order chi connectivity index (χ1) is 11.7. The Hall–Kier alpha value is -2.00. The van der Waals surface area contributed by atoms with E-state index in [1.807, 2.05) is 0 Å². The van der Waals surface area contributed by atoms with Crippen LogP contribution in [-0.4, -0.2) is 26.6 Å². The van der Waals surface area contributed by atoms with Crippen molar-refractivity contribution in [2.24, 2.45) is 0 Å². The van der Waals surface area contributed by atoms with E-state index in [9.17, 15) is 21.6 Å². The van der Waals surface area contributed by atoms with Gasteiger partial charge in [0.1, 0.15) is 13.2 Å². The molecule has 0 saturated heterocycles. The number of halogens is 4. The number of ether oxygens (including phenoxy) is 2. The Balaban J connectivity index is 1.88. The number of nitrogens with zero attached hydrogens (tertiary/aromatic N) is 1. The number of aromatic nitrogens is 1. The number of fused-ring (bicyclic) bond motifs is 1. The molecule has 1 aromatic carbocycles. The molecule has 1 aliphatic heterocycles. The molecule has 2 aromatic rings. The van der Waals surface area contributed by atoms with Crippen LogP contribution in [0.4, 0.5) is 13.2 Å². The van der Waals surface area contributed by atoms with Gasteiger partial charge in [-0.2, -0.15) is 13.2 Å². The highest BCUT2D eigenvalue weighted by Crippen LogP contribution is 2.39. The van der Waals surface area contributed by atoms with Crippen LogP contribution in [0.5, 0.6) is 11.5 Å². The molecule has 25 heavy (non-hydrogen) atoms. The van der Waals surface area contributed by atoms with Crippen LogP contribution in [0.25, 0.3) is 0 Å². The van der Waals surface area contributed by atoms with Crippen molar-refractivity contribution in [2.75, 3.05) is 13.2 Å². The van der Waals surface area contributed by atoms with Gasteiger partial charge in [-0.15, -0.1) is 0 Å². The van der Waals surface area contributed by atoms with Crippen molar-refractivity contribution in [2.45, 2.75) is 17.0 Å². The fourth-order valence-electron chi connectivity index (χ4n) is 2.27. The molecule has 10 heteroatoms. The molecule has 2 heterocycles. The summed E-state index contributed by atoms with van der Waals surface area (Å²) in [6.45, 7) is 0.639. The van der Waals surface area contributed by atoms with Crippen LogP contribution in [0.3, 0.4) is 0 Å². The van der Waals surface area contributed by atoms with E-state index in [0.717, 1.165) is 6.07 Å². The zero-order chi connectivity index (χ0) is 18.2. The Bertz CT molecular complexity index is 898. The Morgan fingerprint density at radius 1 is 1.16 bits per heavy atom. The third-order valence-electron chi connectivity index (χ3n) is 3.40. The van der Waals surface area contributed by atoms with Crippen LogP contribution in [0.1, 0.15) is 11.1 Å². The van der Waals surface area contributed by atoms with E-state index in [1.54, 1.807) is 0 Å². The normalized spacial score (nSPS) is 14.4. The highest BCUT2D eigenvalue weighted by Gasteiger charge is 2.31. The van der Waals surface area contributed by atoms with E-state index in [2.05, 4.69) is 4.98 Å². The van der Waals surface area contributed by atoms with Crippen molar-refractivity contribution in [3.05, 3.63) is 46.6 Å². The molecule has 3 rings (SSSR count). The zero-order valence-electron chi connectivity index (χ0n) is 12.5. The zero-order valence-corrected chi connectivity index (χ0v) is 14.1. The fraction of sp³-hybridized carbons (Fsp3) is 0.267. The van der Waals surface area contributed by atoms with Gasteiger partial charge in [0, 0.05) is 6.20 Å². The number of hydrogen-bond acceptors (Lipinski definition) is 5. The molecular formula is C15H11ClF3NO4S. The van der Waals surface area contributed by atoms with Gasteiger partial charge in [-0.25, -0.2) is 13.4 Å². The lowest BCUT2D eigenvalue weighted by atomic mass is 10.2. The summed E-state index contributed by atoms with van der Waals surface area (Å²) < 4.78 is 73.1. The van der Waals surface area contributed by atoms with Gasteiger partial charge in [0.15, 0.2) is 26.4 Å². The van der Waals surface area contributed by atoms with Crippen molar-refractivity contribution in [3.63, 3.8) is 0 Å². The lowest BCUT2D eigenvalue weighted by molar-refractivity contribution is -0.137. The second-order valence-corrected chi connectivity index (χ2v) is 7.59. The SMILES string of the molecule is O=S(=O)(Cc1cc(Cl)c2c(c1)OCCO2)c1ccc(C(F)(F)F)cn1. The van der Waals surface area contributed by atoms with E-state index >= 15 is 0 Å². The number of hydrogen-bond donors (Lipinski definition) is 0. The van der Waals surface area contributed by atoms with Crippen LogP contribution in [0.2, 0.25) is 5.02 Å². The monoisotopic (exact) mass is 393 g/mol. The first kappa shape index (κ1) is 17.8. The van der Waals surface area contributed by atoms with Crippen LogP contribution >= 0.6 is 11.6 Å². The molecule has 0 spiro atoms. The van der Waals surface area contributed by atoms with E-state index in [-0.39, 0.29) is 5.02 Å². The van der Waals surface area contributed by atoms with Gasteiger partial charge in [-0.3, -0.25) is 0 Å². The minimum atomic E-state index is -4.58. The van der Waals surface area contributed by atoms with Gasteiger partial charge in [0.05, 0.1) is 16.3 Å². The molecule has 5 nitrogen and oxygen atoms in total. The van der Waals surface area contributed by atoms with E-state index in [4.69, 9.17) is 21.1 Å². The van der Waals surface area contributed by atoms with Crippen molar-refractivity contribution < 1.29 is 31.1 Å². The summed E-state index contributed by atoms with van der Waals surface area (Å²) in [6, 6.07) is 4.40. The van der Waals surface area contributed by atoms with Gasteiger partial charge in [0.2, 0.25) is 0 Å². The number of alkyl halides is 3. The number of sulfone groups is 1. The molecule has 0 saturated carbocycles. The second-order valence-electron chi connectivity index (χ2n) is 5.24. The van der Waals surface area contributed by atoms with Gasteiger partial charge in [-0.05, 0) is 29.8 Å². The van der Waals surface area contributed by atoms with E-state index < -0.39 is 32.4 Å². The minimum Gasteiger partial charge on any atom is -0.486 e. The number of pyridine rings is 1. The predicted octanol–water partition coefficient (Wildman–Crippen LogP) is 3.50. The molecule has 0 aliphatic carbocycles. The van der Waals surface area contributed by atoms with Crippen molar-refractivity contribution in [1.29, 1.82) is 0 Å². The third-order valence-corrected chi connectivity index (χ3v) is 5.27. The molecule has 0 atom stereocenters. The second kappa shape index (κ2) is 6.38. The molecule has 0 fully saturated rings. The summed E-state index contributed by atoms with van der Waals surface area (Å²) in [7, 11) is -3.95. The molecular weight excluding hydrogens is 383 g/mol. The topological polar surface area (TPSA) is 65.5 Å². The van der Waals surface area contributed by atoms with Crippen LogP contribution in [0, 0.1) is 0 Å². The maximum Gasteiger partial charge on any atom is 0.417 e. The molecule has 1 aliphatic rings. The summed E-state index contributed by atoms with van der Waals surface area (Å²) in [5.74, 6) is 0.174. The van der Waals surface area contributed by atoms with E-state index in [0.29, 0.717) is 42.5 Å². The van der Waals surface area contributed by atoms with E-state index in [1.165, 1.54) is 12.1 Å². The summed E-state index contributed by atoms with van der Waals surface area (Å²) in [4.78, 5) is 3.43. The van der Waals surface area contributed by atoms with Crippen molar-refractivity contribution in [3.8, 4) is 11.5 Å². The summed E-state index contributed by atoms with van der Waals surface area (Å²) in [6.07, 6.45) is -4.09. The lowest BCUT2D eigenvalue weighted by Gasteiger charge is -2.20. The standard InChI is InChI=1S/C15H11ClF3NO4S/c16-11-5-9(6-12-14(11)24-4-3-23-12)8-25(21,22)13-2-1-10(7-20-13)15(17,18)19/h1-2,5-7H,3-4,8H2. The molecule has 134 valence electrons. The third kappa shape index (κ3) is 3.82. The molecule has 0 N–H and O–H groups in total. The fourth-order valence-corrected chi connectivity index (χ4v) is 3.80. The maximum atomic E-state index is 12.5. The molecule has 1 aromatic heterocycles.